The second kappa shape index (κ2) is 7.12. The van der Waals surface area contributed by atoms with E-state index in [-0.39, 0.29) is 18.5 Å². The molecule has 3 amide bonds. The summed E-state index contributed by atoms with van der Waals surface area (Å²) in [7, 11) is 0. The molecular weight excluding hydrogens is 308 g/mol. The first-order valence-electron chi connectivity index (χ1n) is 7.93. The maximum Gasteiger partial charge on any atom is 0.318 e. The standard InChI is InChI=1S/C16H20N6O2/c1-12-15(23)17-8-5-9-21(12)16(24)18-10-14-19-11-20-22(14)13-6-3-2-4-7-13/h2-4,6-7,11-12H,5,8-10H2,1H3,(H,17,23)(H,18,24)/t12-/m1/s1. The van der Waals surface area contributed by atoms with Gasteiger partial charge in [0.2, 0.25) is 5.91 Å². The highest BCUT2D eigenvalue weighted by molar-refractivity contribution is 5.87. The number of hydrogen-bond donors (Lipinski definition) is 2. The molecule has 3 rings (SSSR count). The summed E-state index contributed by atoms with van der Waals surface area (Å²) >= 11 is 0. The van der Waals surface area contributed by atoms with Crippen LogP contribution in [0.15, 0.2) is 36.7 Å². The fourth-order valence-corrected chi connectivity index (χ4v) is 2.65. The zero-order valence-corrected chi connectivity index (χ0v) is 13.5. The molecule has 1 fully saturated rings. The molecule has 0 unspecified atom stereocenters. The van der Waals surface area contributed by atoms with Gasteiger partial charge < -0.3 is 15.5 Å². The van der Waals surface area contributed by atoms with Gasteiger partial charge in [0.25, 0.3) is 0 Å². The van der Waals surface area contributed by atoms with E-state index in [1.807, 2.05) is 30.3 Å². The molecule has 126 valence electrons. The zero-order chi connectivity index (χ0) is 16.9. The highest BCUT2D eigenvalue weighted by atomic mass is 16.2. The van der Waals surface area contributed by atoms with E-state index >= 15 is 0 Å². The van der Waals surface area contributed by atoms with Gasteiger partial charge in [0.15, 0.2) is 5.82 Å². The van der Waals surface area contributed by atoms with Crippen LogP contribution < -0.4 is 10.6 Å². The molecule has 0 spiro atoms. The Hall–Kier alpha value is -2.90. The molecule has 2 aromatic rings. The van der Waals surface area contributed by atoms with Crippen LogP contribution in [0.5, 0.6) is 0 Å². The van der Waals surface area contributed by atoms with Crippen LogP contribution in [0.2, 0.25) is 0 Å². The van der Waals surface area contributed by atoms with Crippen molar-refractivity contribution in [3.8, 4) is 5.69 Å². The van der Waals surface area contributed by atoms with Gasteiger partial charge >= 0.3 is 6.03 Å². The molecule has 2 heterocycles. The maximum atomic E-state index is 12.4. The van der Waals surface area contributed by atoms with Crippen molar-refractivity contribution in [1.29, 1.82) is 0 Å². The molecule has 1 aliphatic heterocycles. The maximum absolute atomic E-state index is 12.4. The highest BCUT2D eigenvalue weighted by Crippen LogP contribution is 2.09. The Labute approximate surface area is 139 Å². The molecule has 8 heteroatoms. The Morgan fingerprint density at radius 3 is 2.96 bits per heavy atom. The number of para-hydroxylation sites is 1. The van der Waals surface area contributed by atoms with E-state index < -0.39 is 6.04 Å². The number of nitrogens with zero attached hydrogens (tertiary/aromatic N) is 4. The first kappa shape index (κ1) is 16.0. The summed E-state index contributed by atoms with van der Waals surface area (Å²) in [6.45, 7) is 3.09. The van der Waals surface area contributed by atoms with Crippen LogP contribution in [0.3, 0.4) is 0 Å². The number of amides is 3. The van der Waals surface area contributed by atoms with E-state index in [1.165, 1.54) is 6.33 Å². The van der Waals surface area contributed by atoms with Gasteiger partial charge in [-0.25, -0.2) is 14.5 Å². The van der Waals surface area contributed by atoms with Gasteiger partial charge in [0.05, 0.1) is 12.2 Å². The van der Waals surface area contributed by atoms with E-state index in [4.69, 9.17) is 0 Å². The number of urea groups is 1. The predicted molar refractivity (Wildman–Crippen MR) is 87.4 cm³/mol. The number of nitrogens with one attached hydrogen (secondary N) is 2. The van der Waals surface area contributed by atoms with Crippen molar-refractivity contribution in [2.45, 2.75) is 25.9 Å². The zero-order valence-electron chi connectivity index (χ0n) is 13.5. The van der Waals surface area contributed by atoms with Crippen LogP contribution in [-0.4, -0.2) is 50.7 Å². The Morgan fingerprint density at radius 2 is 2.17 bits per heavy atom. The number of carbonyl (C=O) groups is 2. The van der Waals surface area contributed by atoms with E-state index in [1.54, 1.807) is 16.5 Å². The average molecular weight is 328 g/mol. The molecule has 24 heavy (non-hydrogen) atoms. The fraction of sp³-hybridized carbons (Fsp3) is 0.375. The SMILES string of the molecule is C[C@@H]1C(=O)NCCCN1C(=O)NCc1ncnn1-c1ccccc1. The van der Waals surface area contributed by atoms with Crippen molar-refractivity contribution >= 4 is 11.9 Å². The van der Waals surface area contributed by atoms with E-state index in [9.17, 15) is 9.59 Å². The van der Waals surface area contributed by atoms with E-state index in [0.717, 1.165) is 12.1 Å². The molecule has 0 saturated carbocycles. The highest BCUT2D eigenvalue weighted by Gasteiger charge is 2.27. The van der Waals surface area contributed by atoms with Gasteiger partial charge in [-0.15, -0.1) is 0 Å². The van der Waals surface area contributed by atoms with Gasteiger partial charge in [-0.3, -0.25) is 4.79 Å². The van der Waals surface area contributed by atoms with Gasteiger partial charge in [0, 0.05) is 13.1 Å². The van der Waals surface area contributed by atoms with Gasteiger partial charge in [-0.05, 0) is 25.5 Å². The first-order valence-corrected chi connectivity index (χ1v) is 7.93. The van der Waals surface area contributed by atoms with Gasteiger partial charge in [-0.2, -0.15) is 5.10 Å². The normalized spacial score (nSPS) is 18.0. The van der Waals surface area contributed by atoms with Crippen LogP contribution in [0.4, 0.5) is 4.79 Å². The van der Waals surface area contributed by atoms with Crippen LogP contribution in [0.1, 0.15) is 19.2 Å². The number of aromatic nitrogens is 3. The lowest BCUT2D eigenvalue weighted by molar-refractivity contribution is -0.124. The summed E-state index contributed by atoms with van der Waals surface area (Å²) in [5.41, 5.74) is 0.877. The van der Waals surface area contributed by atoms with Crippen molar-refractivity contribution in [2.75, 3.05) is 13.1 Å². The fourth-order valence-electron chi connectivity index (χ4n) is 2.65. The third kappa shape index (κ3) is 3.37. The van der Waals surface area contributed by atoms with Crippen molar-refractivity contribution in [3.63, 3.8) is 0 Å². The van der Waals surface area contributed by atoms with Gasteiger partial charge in [0.1, 0.15) is 12.4 Å². The van der Waals surface area contributed by atoms with Crippen LogP contribution in [0.25, 0.3) is 5.69 Å². The molecule has 1 atom stereocenters. The van der Waals surface area contributed by atoms with E-state index in [2.05, 4.69) is 20.7 Å². The lowest BCUT2D eigenvalue weighted by atomic mass is 10.3. The minimum Gasteiger partial charge on any atom is -0.354 e. The molecule has 2 N–H and O–H groups in total. The molecule has 1 aliphatic rings. The third-order valence-corrected chi connectivity index (χ3v) is 4.00. The first-order chi connectivity index (χ1) is 11.7. The van der Waals surface area contributed by atoms with Crippen LogP contribution >= 0.6 is 0 Å². The second-order valence-electron chi connectivity index (χ2n) is 5.60. The summed E-state index contributed by atoms with van der Waals surface area (Å²) in [6, 6.07) is 8.82. The summed E-state index contributed by atoms with van der Waals surface area (Å²) in [6.07, 6.45) is 2.19. The second-order valence-corrected chi connectivity index (χ2v) is 5.60. The molecule has 1 aromatic carbocycles. The quantitative estimate of drug-likeness (QED) is 0.867. The van der Waals surface area contributed by atoms with E-state index in [0.29, 0.717) is 18.9 Å². The van der Waals surface area contributed by atoms with Crippen LogP contribution in [-0.2, 0) is 11.3 Å². The molecule has 0 radical (unpaired) electrons. The topological polar surface area (TPSA) is 92.2 Å². The third-order valence-electron chi connectivity index (χ3n) is 4.00. The summed E-state index contributed by atoms with van der Waals surface area (Å²) in [4.78, 5) is 30.0. The van der Waals surface area contributed by atoms with Crippen molar-refractivity contribution in [1.82, 2.24) is 30.3 Å². The summed E-state index contributed by atoms with van der Waals surface area (Å²) in [5, 5.41) is 9.82. The van der Waals surface area contributed by atoms with Crippen molar-refractivity contribution in [3.05, 3.63) is 42.5 Å². The Balaban J connectivity index is 1.67. The molecular formula is C16H20N6O2. The number of carbonyl (C=O) groups excluding carboxylic acids is 2. The van der Waals surface area contributed by atoms with Crippen molar-refractivity contribution < 1.29 is 9.59 Å². The molecule has 1 saturated heterocycles. The Morgan fingerprint density at radius 1 is 1.38 bits per heavy atom. The summed E-state index contributed by atoms with van der Waals surface area (Å²) < 4.78 is 1.68. The average Bonchev–Trinajstić information content (AvgIpc) is 3.01. The molecule has 1 aromatic heterocycles. The number of benzene rings is 1. The van der Waals surface area contributed by atoms with Crippen LogP contribution in [0, 0.1) is 0 Å². The Kier molecular flexibility index (Phi) is 4.74. The predicted octanol–water partition coefficient (Wildman–Crippen LogP) is 0.687. The molecule has 0 bridgehead atoms. The minimum atomic E-state index is -0.487. The molecule has 0 aliphatic carbocycles. The lowest BCUT2D eigenvalue weighted by Gasteiger charge is -2.25. The van der Waals surface area contributed by atoms with Crippen molar-refractivity contribution in [2.24, 2.45) is 0 Å². The molecule has 8 nitrogen and oxygen atoms in total. The monoisotopic (exact) mass is 328 g/mol. The summed E-state index contributed by atoms with van der Waals surface area (Å²) in [5.74, 6) is 0.497. The number of rotatable bonds is 3. The lowest BCUT2D eigenvalue weighted by Crippen LogP contribution is -2.49. The minimum absolute atomic E-state index is 0.130. The van der Waals surface area contributed by atoms with Gasteiger partial charge in [-0.1, -0.05) is 18.2 Å². The number of hydrogen-bond acceptors (Lipinski definition) is 4. The smallest absolute Gasteiger partial charge is 0.318 e. The largest absolute Gasteiger partial charge is 0.354 e. The Bertz CT molecular complexity index is 714.